The van der Waals surface area contributed by atoms with Crippen LogP contribution in [0, 0.1) is 0 Å². The van der Waals surface area contributed by atoms with Crippen LogP contribution in [-0.2, 0) is 21.4 Å². The van der Waals surface area contributed by atoms with E-state index >= 15 is 0 Å². The summed E-state index contributed by atoms with van der Waals surface area (Å²) < 4.78 is 4.90. The van der Waals surface area contributed by atoms with Gasteiger partial charge in [-0.25, -0.2) is 0 Å². The van der Waals surface area contributed by atoms with Crippen LogP contribution in [0.4, 0.5) is 0 Å². The molecule has 0 saturated heterocycles. The zero-order chi connectivity index (χ0) is 12.2. The van der Waals surface area contributed by atoms with Gasteiger partial charge in [-0.05, 0) is 23.5 Å². The van der Waals surface area contributed by atoms with Crippen molar-refractivity contribution >= 4 is 5.97 Å². The van der Waals surface area contributed by atoms with Crippen LogP contribution in [0.3, 0.4) is 0 Å². The molecular weight excluding hydrogens is 200 g/mol. The molecular formula is C14H20O2. The van der Waals surface area contributed by atoms with Gasteiger partial charge in [-0.1, -0.05) is 45.0 Å². The third-order valence-corrected chi connectivity index (χ3v) is 2.47. The standard InChI is InChI=1S/C14H20O2/c1-5-16-13(15)10-11-6-8-12(9-7-11)14(2,3)4/h6-9H,5,10H2,1-4H3. The van der Waals surface area contributed by atoms with E-state index in [-0.39, 0.29) is 11.4 Å². The Hall–Kier alpha value is -1.31. The zero-order valence-electron chi connectivity index (χ0n) is 10.5. The van der Waals surface area contributed by atoms with E-state index in [9.17, 15) is 4.79 Å². The molecule has 0 heterocycles. The summed E-state index contributed by atoms with van der Waals surface area (Å²) in [7, 11) is 0. The summed E-state index contributed by atoms with van der Waals surface area (Å²) in [5, 5.41) is 0. The topological polar surface area (TPSA) is 26.3 Å². The number of esters is 1. The van der Waals surface area contributed by atoms with E-state index in [1.54, 1.807) is 0 Å². The zero-order valence-corrected chi connectivity index (χ0v) is 10.5. The van der Waals surface area contributed by atoms with Crippen molar-refractivity contribution in [3.8, 4) is 0 Å². The van der Waals surface area contributed by atoms with Crippen molar-refractivity contribution in [3.63, 3.8) is 0 Å². The number of carbonyl (C=O) groups excluding carboxylic acids is 1. The SMILES string of the molecule is CCOC(=O)Cc1ccc(C(C)(C)C)cc1. The molecule has 0 fully saturated rings. The van der Waals surface area contributed by atoms with Crippen molar-refractivity contribution in [2.24, 2.45) is 0 Å². The maximum Gasteiger partial charge on any atom is 0.310 e. The van der Waals surface area contributed by atoms with Crippen LogP contribution in [-0.4, -0.2) is 12.6 Å². The van der Waals surface area contributed by atoms with Gasteiger partial charge in [0, 0.05) is 0 Å². The van der Waals surface area contributed by atoms with Crippen LogP contribution in [0.5, 0.6) is 0 Å². The maximum atomic E-state index is 11.3. The molecule has 1 aromatic rings. The first-order valence-corrected chi connectivity index (χ1v) is 5.68. The Morgan fingerprint density at radius 2 is 1.75 bits per heavy atom. The molecule has 0 bridgehead atoms. The maximum absolute atomic E-state index is 11.3. The van der Waals surface area contributed by atoms with Crippen LogP contribution in [0.25, 0.3) is 0 Å². The van der Waals surface area contributed by atoms with Gasteiger partial charge >= 0.3 is 5.97 Å². The number of benzene rings is 1. The molecule has 2 nitrogen and oxygen atoms in total. The normalized spacial score (nSPS) is 11.2. The first-order chi connectivity index (χ1) is 7.43. The van der Waals surface area contributed by atoms with E-state index in [1.807, 2.05) is 19.1 Å². The van der Waals surface area contributed by atoms with Crippen LogP contribution in [0.15, 0.2) is 24.3 Å². The molecule has 16 heavy (non-hydrogen) atoms. The second kappa shape index (κ2) is 5.15. The van der Waals surface area contributed by atoms with Crippen molar-refractivity contribution in [3.05, 3.63) is 35.4 Å². The second-order valence-electron chi connectivity index (χ2n) is 4.93. The number of hydrogen-bond acceptors (Lipinski definition) is 2. The third-order valence-electron chi connectivity index (χ3n) is 2.47. The summed E-state index contributed by atoms with van der Waals surface area (Å²) in [4.78, 5) is 11.3. The average molecular weight is 220 g/mol. The molecule has 1 aromatic carbocycles. The van der Waals surface area contributed by atoms with Gasteiger partial charge in [0.25, 0.3) is 0 Å². The van der Waals surface area contributed by atoms with Gasteiger partial charge in [0.2, 0.25) is 0 Å². The van der Waals surface area contributed by atoms with E-state index in [4.69, 9.17) is 4.74 Å². The molecule has 0 N–H and O–H groups in total. The molecule has 0 aliphatic rings. The molecule has 2 heteroatoms. The Labute approximate surface area is 97.6 Å². The Morgan fingerprint density at radius 1 is 1.19 bits per heavy atom. The predicted octanol–water partition coefficient (Wildman–Crippen LogP) is 3.09. The lowest BCUT2D eigenvalue weighted by atomic mass is 9.86. The fourth-order valence-electron chi connectivity index (χ4n) is 1.50. The third kappa shape index (κ3) is 3.69. The van der Waals surface area contributed by atoms with E-state index in [0.29, 0.717) is 13.0 Å². The Balaban J connectivity index is 2.69. The van der Waals surface area contributed by atoms with Crippen molar-refractivity contribution in [2.75, 3.05) is 6.61 Å². The van der Waals surface area contributed by atoms with E-state index < -0.39 is 0 Å². The predicted molar refractivity (Wildman–Crippen MR) is 65.5 cm³/mol. The van der Waals surface area contributed by atoms with Gasteiger partial charge in [-0.3, -0.25) is 4.79 Å². The van der Waals surface area contributed by atoms with Crippen molar-refractivity contribution in [1.82, 2.24) is 0 Å². The number of hydrogen-bond donors (Lipinski definition) is 0. The monoisotopic (exact) mass is 220 g/mol. The second-order valence-corrected chi connectivity index (χ2v) is 4.93. The van der Waals surface area contributed by atoms with Crippen LogP contribution in [0.1, 0.15) is 38.8 Å². The summed E-state index contributed by atoms with van der Waals surface area (Å²) in [6.45, 7) is 8.79. The fraction of sp³-hybridized carbons (Fsp3) is 0.500. The van der Waals surface area contributed by atoms with E-state index in [1.165, 1.54) is 5.56 Å². The molecule has 0 amide bonds. The summed E-state index contributed by atoms with van der Waals surface area (Å²) >= 11 is 0. The van der Waals surface area contributed by atoms with Gasteiger partial charge in [0.05, 0.1) is 13.0 Å². The lowest BCUT2D eigenvalue weighted by molar-refractivity contribution is -0.142. The highest BCUT2D eigenvalue weighted by atomic mass is 16.5. The minimum absolute atomic E-state index is 0.155. The molecule has 0 saturated carbocycles. The number of rotatable bonds is 3. The van der Waals surface area contributed by atoms with Gasteiger partial charge in [-0.2, -0.15) is 0 Å². The molecule has 0 atom stereocenters. The Kier molecular flexibility index (Phi) is 4.11. The van der Waals surface area contributed by atoms with Gasteiger partial charge < -0.3 is 4.74 Å². The van der Waals surface area contributed by atoms with Gasteiger partial charge in [-0.15, -0.1) is 0 Å². The fourth-order valence-corrected chi connectivity index (χ4v) is 1.50. The number of carbonyl (C=O) groups is 1. The Bertz CT molecular complexity index is 344. The molecule has 0 unspecified atom stereocenters. The highest BCUT2D eigenvalue weighted by Crippen LogP contribution is 2.22. The molecule has 0 aliphatic heterocycles. The minimum Gasteiger partial charge on any atom is -0.466 e. The smallest absolute Gasteiger partial charge is 0.310 e. The minimum atomic E-state index is -0.161. The van der Waals surface area contributed by atoms with E-state index in [0.717, 1.165) is 5.56 Å². The number of ether oxygens (including phenoxy) is 1. The molecule has 0 spiro atoms. The van der Waals surface area contributed by atoms with Crippen LogP contribution < -0.4 is 0 Å². The van der Waals surface area contributed by atoms with Gasteiger partial charge in [0.15, 0.2) is 0 Å². The molecule has 88 valence electrons. The first-order valence-electron chi connectivity index (χ1n) is 5.68. The highest BCUT2D eigenvalue weighted by molar-refractivity contribution is 5.72. The van der Waals surface area contributed by atoms with Crippen LogP contribution in [0.2, 0.25) is 0 Å². The van der Waals surface area contributed by atoms with Crippen LogP contribution >= 0.6 is 0 Å². The Morgan fingerprint density at radius 3 is 2.19 bits per heavy atom. The lowest BCUT2D eigenvalue weighted by Gasteiger charge is -2.19. The van der Waals surface area contributed by atoms with Crippen molar-refractivity contribution in [1.29, 1.82) is 0 Å². The summed E-state index contributed by atoms with van der Waals surface area (Å²) in [6, 6.07) is 8.15. The van der Waals surface area contributed by atoms with Gasteiger partial charge in [0.1, 0.15) is 0 Å². The lowest BCUT2D eigenvalue weighted by Crippen LogP contribution is -2.11. The largest absolute Gasteiger partial charge is 0.466 e. The first kappa shape index (κ1) is 12.8. The summed E-state index contributed by atoms with van der Waals surface area (Å²) in [5.41, 5.74) is 2.44. The quantitative estimate of drug-likeness (QED) is 0.732. The van der Waals surface area contributed by atoms with E-state index in [2.05, 4.69) is 32.9 Å². The van der Waals surface area contributed by atoms with Crippen molar-refractivity contribution in [2.45, 2.75) is 39.5 Å². The molecule has 1 rings (SSSR count). The molecule has 0 radical (unpaired) electrons. The van der Waals surface area contributed by atoms with Crippen molar-refractivity contribution < 1.29 is 9.53 Å². The highest BCUT2D eigenvalue weighted by Gasteiger charge is 2.13. The summed E-state index contributed by atoms with van der Waals surface area (Å²) in [5.74, 6) is -0.161. The summed E-state index contributed by atoms with van der Waals surface area (Å²) in [6.07, 6.45) is 0.359. The average Bonchev–Trinajstić information content (AvgIpc) is 2.17. The molecule has 0 aromatic heterocycles. The molecule has 0 aliphatic carbocycles.